The predicted octanol–water partition coefficient (Wildman–Crippen LogP) is 3.95. The van der Waals surface area contributed by atoms with Crippen LogP contribution in [-0.4, -0.2) is 24.7 Å². The number of hydrogen-bond acceptors (Lipinski definition) is 3. The first-order valence-electron chi connectivity index (χ1n) is 7.49. The fourth-order valence-electron chi connectivity index (χ4n) is 3.32. The third-order valence-corrected chi connectivity index (χ3v) is 4.20. The van der Waals surface area contributed by atoms with Crippen molar-refractivity contribution in [1.29, 1.82) is 0 Å². The number of ether oxygens (including phenoxy) is 1. The smallest absolute Gasteiger partial charge is 0.328 e. The number of aryl methyl sites for hydroxylation is 1. The average Bonchev–Trinajstić information content (AvgIpc) is 2.41. The van der Waals surface area contributed by atoms with Crippen LogP contribution in [0.3, 0.4) is 0 Å². The Morgan fingerprint density at radius 1 is 1.33 bits per heavy atom. The Labute approximate surface area is 127 Å². The van der Waals surface area contributed by atoms with Crippen molar-refractivity contribution in [2.24, 2.45) is 0 Å². The average molecular weight is 287 g/mol. The molecule has 0 radical (unpaired) electrons. The number of allylic oxidation sites excluding steroid dienone is 1. The molecule has 2 rings (SSSR count). The molecule has 0 aliphatic carbocycles. The summed E-state index contributed by atoms with van der Waals surface area (Å²) >= 11 is 0. The minimum Gasteiger partial charge on any atom is -0.467 e. The van der Waals surface area contributed by atoms with E-state index in [1.54, 1.807) is 0 Å². The highest BCUT2D eigenvalue weighted by atomic mass is 16.5. The minimum atomic E-state index is -0.269. The maximum atomic E-state index is 12.2. The molecule has 0 spiro atoms. The van der Waals surface area contributed by atoms with Gasteiger partial charge in [0.15, 0.2) is 0 Å². The number of benzene rings is 1. The van der Waals surface area contributed by atoms with E-state index in [2.05, 4.69) is 56.9 Å². The van der Waals surface area contributed by atoms with Crippen LogP contribution in [0.25, 0.3) is 5.57 Å². The third kappa shape index (κ3) is 2.69. The summed E-state index contributed by atoms with van der Waals surface area (Å²) in [6.07, 6.45) is 2.95. The van der Waals surface area contributed by atoms with Crippen molar-refractivity contribution in [2.45, 2.75) is 52.6 Å². The van der Waals surface area contributed by atoms with Crippen molar-refractivity contribution in [2.75, 3.05) is 12.0 Å². The molecule has 1 aliphatic heterocycles. The van der Waals surface area contributed by atoms with Crippen molar-refractivity contribution in [3.05, 3.63) is 35.4 Å². The van der Waals surface area contributed by atoms with Gasteiger partial charge in [0.05, 0.1) is 12.6 Å². The molecule has 1 heterocycles. The Hall–Kier alpha value is -1.77. The van der Waals surface area contributed by atoms with Gasteiger partial charge in [-0.3, -0.25) is 0 Å². The molecule has 1 aliphatic rings. The van der Waals surface area contributed by atoms with E-state index in [9.17, 15) is 4.79 Å². The lowest BCUT2D eigenvalue weighted by molar-refractivity contribution is -0.142. The zero-order valence-electron chi connectivity index (χ0n) is 13.9. The second kappa shape index (κ2) is 5.55. The summed E-state index contributed by atoms with van der Waals surface area (Å²) in [6, 6.07) is 6.16. The number of esters is 1. The standard InChI is InChI=1S/C18H25NO2/c1-7-15(17(20)21-6)19-16-10-12(2)8-9-14(16)13(3)11-18(19,4)5/h8-11,15H,7H2,1-6H3/t15-/m0/s1. The predicted molar refractivity (Wildman–Crippen MR) is 87.5 cm³/mol. The van der Waals surface area contributed by atoms with Crippen LogP contribution < -0.4 is 4.90 Å². The number of methoxy groups -OCH3 is 1. The molecule has 0 amide bonds. The largest absolute Gasteiger partial charge is 0.467 e. The lowest BCUT2D eigenvalue weighted by atomic mass is 9.86. The molecule has 0 N–H and O–H groups in total. The Bertz CT molecular complexity index is 587. The molecule has 0 aromatic heterocycles. The van der Waals surface area contributed by atoms with Gasteiger partial charge in [0.2, 0.25) is 0 Å². The van der Waals surface area contributed by atoms with Gasteiger partial charge in [-0.05, 0) is 51.3 Å². The molecule has 0 bridgehead atoms. The van der Waals surface area contributed by atoms with Gasteiger partial charge in [-0.2, -0.15) is 0 Å². The molecular weight excluding hydrogens is 262 g/mol. The van der Waals surface area contributed by atoms with Crippen molar-refractivity contribution >= 4 is 17.2 Å². The summed E-state index contributed by atoms with van der Waals surface area (Å²) in [7, 11) is 1.46. The normalized spacial score (nSPS) is 17.8. The van der Waals surface area contributed by atoms with Gasteiger partial charge in [-0.15, -0.1) is 0 Å². The van der Waals surface area contributed by atoms with E-state index in [4.69, 9.17) is 4.74 Å². The fourth-order valence-corrected chi connectivity index (χ4v) is 3.32. The van der Waals surface area contributed by atoms with Gasteiger partial charge in [0.1, 0.15) is 6.04 Å². The van der Waals surface area contributed by atoms with E-state index < -0.39 is 0 Å². The number of anilines is 1. The molecule has 21 heavy (non-hydrogen) atoms. The quantitative estimate of drug-likeness (QED) is 0.788. The number of fused-ring (bicyclic) bond motifs is 1. The molecule has 0 unspecified atom stereocenters. The topological polar surface area (TPSA) is 29.5 Å². The maximum Gasteiger partial charge on any atom is 0.328 e. The molecule has 114 valence electrons. The van der Waals surface area contributed by atoms with Crippen molar-refractivity contribution in [1.82, 2.24) is 0 Å². The Kier molecular flexibility index (Phi) is 4.13. The highest BCUT2D eigenvalue weighted by molar-refractivity contribution is 5.87. The van der Waals surface area contributed by atoms with Crippen LogP contribution in [0.2, 0.25) is 0 Å². The van der Waals surface area contributed by atoms with Crippen molar-refractivity contribution in [3.63, 3.8) is 0 Å². The van der Waals surface area contributed by atoms with Crippen LogP contribution in [0, 0.1) is 6.92 Å². The van der Waals surface area contributed by atoms with Crippen LogP contribution in [-0.2, 0) is 9.53 Å². The molecule has 3 heteroatoms. The molecule has 0 saturated heterocycles. The van der Waals surface area contributed by atoms with Gasteiger partial charge in [0, 0.05) is 11.3 Å². The van der Waals surface area contributed by atoms with Crippen LogP contribution in [0.4, 0.5) is 5.69 Å². The van der Waals surface area contributed by atoms with E-state index in [1.807, 2.05) is 6.92 Å². The van der Waals surface area contributed by atoms with Crippen molar-refractivity contribution < 1.29 is 9.53 Å². The van der Waals surface area contributed by atoms with Gasteiger partial charge in [-0.1, -0.05) is 25.1 Å². The maximum absolute atomic E-state index is 12.2. The number of rotatable bonds is 3. The summed E-state index contributed by atoms with van der Waals surface area (Å²) in [5, 5.41) is 0. The zero-order chi connectivity index (χ0) is 15.8. The van der Waals surface area contributed by atoms with E-state index in [0.717, 1.165) is 12.1 Å². The Balaban J connectivity index is 2.63. The van der Waals surface area contributed by atoms with Gasteiger partial charge < -0.3 is 9.64 Å². The summed E-state index contributed by atoms with van der Waals surface area (Å²) in [5.74, 6) is -0.175. The third-order valence-electron chi connectivity index (χ3n) is 4.20. The number of carbonyl (C=O) groups is 1. The molecule has 1 aromatic carbocycles. The van der Waals surface area contributed by atoms with Gasteiger partial charge in [-0.25, -0.2) is 4.79 Å². The summed E-state index contributed by atoms with van der Waals surface area (Å²) < 4.78 is 5.02. The van der Waals surface area contributed by atoms with Crippen molar-refractivity contribution in [3.8, 4) is 0 Å². The van der Waals surface area contributed by atoms with E-state index in [0.29, 0.717) is 0 Å². The molecule has 1 aromatic rings. The Morgan fingerprint density at radius 2 is 2.00 bits per heavy atom. The lowest BCUT2D eigenvalue weighted by Crippen LogP contribution is -2.54. The highest BCUT2D eigenvalue weighted by Crippen LogP contribution is 2.41. The first-order valence-corrected chi connectivity index (χ1v) is 7.49. The lowest BCUT2D eigenvalue weighted by Gasteiger charge is -2.46. The van der Waals surface area contributed by atoms with E-state index in [-0.39, 0.29) is 17.6 Å². The number of nitrogens with zero attached hydrogens (tertiary/aromatic N) is 1. The molecule has 0 saturated carbocycles. The summed E-state index contributed by atoms with van der Waals surface area (Å²) in [5.41, 5.74) is 4.55. The Morgan fingerprint density at radius 3 is 2.57 bits per heavy atom. The van der Waals surface area contributed by atoms with Crippen LogP contribution in [0.1, 0.15) is 45.2 Å². The second-order valence-electron chi connectivity index (χ2n) is 6.32. The summed E-state index contributed by atoms with van der Waals surface area (Å²) in [4.78, 5) is 14.4. The van der Waals surface area contributed by atoms with Gasteiger partial charge in [0.25, 0.3) is 0 Å². The second-order valence-corrected chi connectivity index (χ2v) is 6.32. The van der Waals surface area contributed by atoms with Crippen LogP contribution >= 0.6 is 0 Å². The van der Waals surface area contributed by atoms with Crippen LogP contribution in [0.15, 0.2) is 24.3 Å². The minimum absolute atomic E-state index is 0.175. The number of carbonyl (C=O) groups excluding carboxylic acids is 1. The van der Waals surface area contributed by atoms with Gasteiger partial charge >= 0.3 is 5.97 Å². The van der Waals surface area contributed by atoms with Crippen LogP contribution in [0.5, 0.6) is 0 Å². The SMILES string of the molecule is CC[C@@H](C(=O)OC)N1c2cc(C)ccc2C(C)=CC1(C)C. The fraction of sp³-hybridized carbons (Fsp3) is 0.500. The highest BCUT2D eigenvalue weighted by Gasteiger charge is 2.38. The first kappa shape index (κ1) is 15.6. The molecule has 3 nitrogen and oxygen atoms in total. The van der Waals surface area contributed by atoms with E-state index in [1.165, 1.54) is 23.8 Å². The molecule has 1 atom stereocenters. The zero-order valence-corrected chi connectivity index (χ0v) is 13.9. The van der Waals surface area contributed by atoms with E-state index >= 15 is 0 Å². The molecular formula is C18H25NO2. The monoisotopic (exact) mass is 287 g/mol. The first-order chi connectivity index (χ1) is 9.81. The molecule has 0 fully saturated rings. The number of hydrogen-bond donors (Lipinski definition) is 0. The summed E-state index contributed by atoms with van der Waals surface area (Å²) in [6.45, 7) is 10.5.